The number of ketones is 1. The molecule has 0 aliphatic carbocycles. The fourth-order valence-corrected chi connectivity index (χ4v) is 2.38. The second-order valence-electron chi connectivity index (χ2n) is 3.80. The van der Waals surface area contributed by atoms with E-state index < -0.39 is 12.6 Å². The molecule has 1 N–H and O–H groups in total. The van der Waals surface area contributed by atoms with Crippen molar-refractivity contribution in [3.8, 4) is 5.75 Å². The molecule has 1 aromatic rings. The summed E-state index contributed by atoms with van der Waals surface area (Å²) in [6.07, 6.45) is 1.46. The standard InChI is InChI=1S/C13H10O5S/c14-9-6-13(17)19-11(9)5-8-3-1-2-4-10(8)18-7-12(15)16/h1-5H,6-7H2,(H,15,16)/b11-5+. The van der Waals surface area contributed by atoms with Crippen molar-refractivity contribution < 1.29 is 24.2 Å². The normalized spacial score (nSPS) is 16.9. The fraction of sp³-hybridized carbons (Fsp3) is 0.154. The summed E-state index contributed by atoms with van der Waals surface area (Å²) in [5.74, 6) is -0.933. The summed E-state index contributed by atoms with van der Waals surface area (Å²) >= 11 is 0.902. The van der Waals surface area contributed by atoms with Crippen molar-refractivity contribution in [2.24, 2.45) is 0 Å². The van der Waals surface area contributed by atoms with Crippen LogP contribution in [-0.4, -0.2) is 28.6 Å². The number of carbonyl (C=O) groups excluding carboxylic acids is 2. The molecule has 98 valence electrons. The van der Waals surface area contributed by atoms with E-state index in [4.69, 9.17) is 9.84 Å². The van der Waals surface area contributed by atoms with Crippen molar-refractivity contribution >= 4 is 34.7 Å². The van der Waals surface area contributed by atoms with Crippen LogP contribution in [0.4, 0.5) is 0 Å². The molecule has 1 aliphatic rings. The number of carboxylic acids is 1. The Morgan fingerprint density at radius 2 is 2.11 bits per heavy atom. The highest BCUT2D eigenvalue weighted by Crippen LogP contribution is 2.32. The molecule has 0 atom stereocenters. The smallest absolute Gasteiger partial charge is 0.341 e. The number of ether oxygens (including phenoxy) is 1. The van der Waals surface area contributed by atoms with Gasteiger partial charge in [-0.05, 0) is 23.9 Å². The van der Waals surface area contributed by atoms with E-state index in [0.717, 1.165) is 11.8 Å². The molecule has 6 heteroatoms. The third kappa shape index (κ3) is 3.45. The number of hydrogen-bond acceptors (Lipinski definition) is 5. The molecule has 0 radical (unpaired) electrons. The van der Waals surface area contributed by atoms with Gasteiger partial charge in [-0.25, -0.2) is 4.79 Å². The molecule has 1 fully saturated rings. The maximum atomic E-state index is 11.5. The lowest BCUT2D eigenvalue weighted by molar-refractivity contribution is -0.139. The molecule has 1 aliphatic heterocycles. The third-order valence-electron chi connectivity index (χ3n) is 2.36. The molecule has 0 spiro atoms. The van der Waals surface area contributed by atoms with Crippen LogP contribution in [0.25, 0.3) is 6.08 Å². The van der Waals surface area contributed by atoms with Crippen molar-refractivity contribution in [3.05, 3.63) is 34.7 Å². The first-order chi connectivity index (χ1) is 9.06. The monoisotopic (exact) mass is 278 g/mol. The number of carbonyl (C=O) groups is 3. The van der Waals surface area contributed by atoms with Crippen LogP contribution in [0.5, 0.6) is 5.75 Å². The van der Waals surface area contributed by atoms with Gasteiger partial charge in [0.2, 0.25) is 5.12 Å². The van der Waals surface area contributed by atoms with E-state index in [2.05, 4.69) is 0 Å². The number of benzene rings is 1. The summed E-state index contributed by atoms with van der Waals surface area (Å²) in [5, 5.41) is 8.40. The predicted molar refractivity (Wildman–Crippen MR) is 69.8 cm³/mol. The van der Waals surface area contributed by atoms with Gasteiger partial charge in [-0.1, -0.05) is 18.2 Å². The molecule has 0 unspecified atom stereocenters. The Labute approximate surface area is 113 Å². The maximum Gasteiger partial charge on any atom is 0.341 e. The Kier molecular flexibility index (Phi) is 4.01. The summed E-state index contributed by atoms with van der Waals surface area (Å²) in [6, 6.07) is 6.75. The Hall–Kier alpha value is -2.08. The molecule has 0 saturated carbocycles. The second kappa shape index (κ2) is 5.71. The summed E-state index contributed by atoms with van der Waals surface area (Å²) in [5.41, 5.74) is 0.578. The zero-order valence-corrected chi connectivity index (χ0v) is 10.6. The van der Waals surface area contributed by atoms with Crippen LogP contribution in [0.2, 0.25) is 0 Å². The highest BCUT2D eigenvalue weighted by molar-refractivity contribution is 8.18. The number of carboxylic acid groups (broad SMARTS) is 1. The first kappa shape index (κ1) is 13.4. The van der Waals surface area contributed by atoms with Crippen molar-refractivity contribution in [2.75, 3.05) is 6.61 Å². The Bertz CT molecular complexity index is 576. The molecule has 5 nitrogen and oxygen atoms in total. The number of Topliss-reactive ketones (excluding diaryl/α,β-unsaturated/α-hetero) is 1. The van der Waals surface area contributed by atoms with E-state index in [-0.39, 0.29) is 17.3 Å². The molecular weight excluding hydrogens is 268 g/mol. The minimum absolute atomic E-state index is 0.0886. The molecule has 1 aromatic carbocycles. The Morgan fingerprint density at radius 1 is 1.37 bits per heavy atom. The summed E-state index contributed by atoms with van der Waals surface area (Å²) in [7, 11) is 0. The fourth-order valence-electron chi connectivity index (χ4n) is 1.56. The number of allylic oxidation sites excluding steroid dienone is 1. The van der Waals surface area contributed by atoms with Crippen LogP contribution < -0.4 is 4.74 Å². The number of rotatable bonds is 4. The molecule has 1 heterocycles. The number of aliphatic carboxylic acids is 1. The highest BCUT2D eigenvalue weighted by atomic mass is 32.2. The molecule has 0 amide bonds. The number of hydrogen-bond donors (Lipinski definition) is 1. The lowest BCUT2D eigenvalue weighted by Crippen LogP contribution is -2.10. The van der Waals surface area contributed by atoms with Crippen LogP contribution in [0.3, 0.4) is 0 Å². The minimum Gasteiger partial charge on any atom is -0.481 e. The van der Waals surface area contributed by atoms with E-state index in [1.807, 2.05) is 0 Å². The zero-order chi connectivity index (χ0) is 13.8. The van der Waals surface area contributed by atoms with Gasteiger partial charge in [0.15, 0.2) is 12.4 Å². The molecule has 0 aromatic heterocycles. The van der Waals surface area contributed by atoms with E-state index in [9.17, 15) is 14.4 Å². The summed E-state index contributed by atoms with van der Waals surface area (Å²) < 4.78 is 5.12. The number of thioether (sulfide) groups is 1. The molecule has 0 bridgehead atoms. The molecule has 2 rings (SSSR count). The van der Waals surface area contributed by atoms with Gasteiger partial charge < -0.3 is 9.84 Å². The predicted octanol–water partition coefficient (Wildman–Crippen LogP) is 1.72. The van der Waals surface area contributed by atoms with Gasteiger partial charge in [0, 0.05) is 5.56 Å². The Balaban J connectivity index is 2.25. The highest BCUT2D eigenvalue weighted by Gasteiger charge is 2.26. The largest absolute Gasteiger partial charge is 0.481 e. The quantitative estimate of drug-likeness (QED) is 0.667. The van der Waals surface area contributed by atoms with E-state index in [1.54, 1.807) is 30.3 Å². The van der Waals surface area contributed by atoms with Crippen LogP contribution >= 0.6 is 11.8 Å². The third-order valence-corrected chi connectivity index (χ3v) is 3.30. The molecule has 1 saturated heterocycles. The van der Waals surface area contributed by atoms with E-state index in [1.165, 1.54) is 0 Å². The van der Waals surface area contributed by atoms with Crippen molar-refractivity contribution in [2.45, 2.75) is 6.42 Å². The van der Waals surface area contributed by atoms with E-state index >= 15 is 0 Å². The van der Waals surface area contributed by atoms with Gasteiger partial charge in [0.25, 0.3) is 0 Å². The lowest BCUT2D eigenvalue weighted by atomic mass is 10.1. The summed E-state index contributed by atoms with van der Waals surface area (Å²) in [6.45, 7) is -0.458. The van der Waals surface area contributed by atoms with Crippen LogP contribution in [0.15, 0.2) is 29.2 Å². The van der Waals surface area contributed by atoms with E-state index in [0.29, 0.717) is 16.2 Å². The number of para-hydroxylation sites is 1. The van der Waals surface area contributed by atoms with Crippen molar-refractivity contribution in [1.82, 2.24) is 0 Å². The average Bonchev–Trinajstić information content (AvgIpc) is 2.67. The van der Waals surface area contributed by atoms with Gasteiger partial charge >= 0.3 is 5.97 Å². The average molecular weight is 278 g/mol. The van der Waals surface area contributed by atoms with Gasteiger partial charge in [-0.3, -0.25) is 9.59 Å². The van der Waals surface area contributed by atoms with Crippen molar-refractivity contribution in [3.63, 3.8) is 0 Å². The SMILES string of the molecule is O=C(O)COc1ccccc1/C=C1/SC(=O)CC1=O. The first-order valence-electron chi connectivity index (χ1n) is 5.45. The first-order valence-corrected chi connectivity index (χ1v) is 6.27. The van der Waals surface area contributed by atoms with Crippen LogP contribution in [0.1, 0.15) is 12.0 Å². The maximum absolute atomic E-state index is 11.5. The van der Waals surface area contributed by atoms with Crippen LogP contribution in [0, 0.1) is 0 Å². The Morgan fingerprint density at radius 3 is 2.74 bits per heavy atom. The van der Waals surface area contributed by atoms with Crippen LogP contribution in [-0.2, 0) is 14.4 Å². The van der Waals surface area contributed by atoms with Gasteiger partial charge in [0.1, 0.15) is 5.75 Å². The molecule has 19 heavy (non-hydrogen) atoms. The topological polar surface area (TPSA) is 80.7 Å². The molecular formula is C13H10O5S. The van der Waals surface area contributed by atoms with Gasteiger partial charge in [0.05, 0.1) is 11.3 Å². The zero-order valence-electron chi connectivity index (χ0n) is 9.79. The second-order valence-corrected chi connectivity index (χ2v) is 4.90. The van der Waals surface area contributed by atoms with Gasteiger partial charge in [-0.2, -0.15) is 0 Å². The summed E-state index contributed by atoms with van der Waals surface area (Å²) in [4.78, 5) is 33.5. The lowest BCUT2D eigenvalue weighted by Gasteiger charge is -2.07. The van der Waals surface area contributed by atoms with Crippen molar-refractivity contribution in [1.29, 1.82) is 0 Å². The van der Waals surface area contributed by atoms with Gasteiger partial charge in [-0.15, -0.1) is 0 Å². The minimum atomic E-state index is -1.08.